The molecule has 1 aliphatic heterocycles. The van der Waals surface area contributed by atoms with Gasteiger partial charge in [0.15, 0.2) is 0 Å². The number of carbonyl (C=O) groups excluding carboxylic acids is 1. The van der Waals surface area contributed by atoms with Gasteiger partial charge in [0.1, 0.15) is 5.75 Å². The molecular weight excluding hydrogens is 320 g/mol. The number of hydrogen-bond acceptors (Lipinski definition) is 5. The van der Waals surface area contributed by atoms with Crippen molar-refractivity contribution in [2.75, 3.05) is 52.9 Å². The summed E-state index contributed by atoms with van der Waals surface area (Å²) in [4.78, 5) is 15.6. The quantitative estimate of drug-likeness (QED) is 0.400. The summed E-state index contributed by atoms with van der Waals surface area (Å²) in [6.07, 6.45) is 2.46. The lowest BCUT2D eigenvalue weighted by atomic mass is 10.1. The third-order valence-corrected chi connectivity index (χ3v) is 4.50. The van der Waals surface area contributed by atoms with Crippen LogP contribution in [-0.2, 0) is 6.42 Å². The summed E-state index contributed by atoms with van der Waals surface area (Å²) in [5.41, 5.74) is 6.10. The summed E-state index contributed by atoms with van der Waals surface area (Å²) < 4.78 is 5.80. The topological polar surface area (TPSA) is 82.3 Å². The monoisotopic (exact) mass is 350 g/mol. The van der Waals surface area contributed by atoms with E-state index >= 15 is 0 Å². The Morgan fingerprint density at radius 1 is 1.20 bits per heavy atom. The molecule has 0 bridgehead atoms. The second-order valence-electron chi connectivity index (χ2n) is 6.56. The molecular formula is C18H30N4O3. The van der Waals surface area contributed by atoms with E-state index in [0.29, 0.717) is 11.5 Å². The standard InChI is InChI=1S/C18H30N4O3/c1-20-11-13-21(14-12-20)9-3-15-25-17-7-5-16(6-8-17)4-2-10-22(24)18(19)23/h5-8,24H,2-4,9-15H2,1H3,(H2,19,23). The maximum atomic E-state index is 10.7. The summed E-state index contributed by atoms with van der Waals surface area (Å²) in [5, 5.41) is 9.75. The van der Waals surface area contributed by atoms with Crippen LogP contribution in [-0.4, -0.2) is 79.0 Å². The van der Waals surface area contributed by atoms with Crippen LogP contribution in [0.4, 0.5) is 4.79 Å². The van der Waals surface area contributed by atoms with Crippen LogP contribution in [0.1, 0.15) is 18.4 Å². The van der Waals surface area contributed by atoms with Crippen molar-refractivity contribution in [1.29, 1.82) is 0 Å². The van der Waals surface area contributed by atoms with E-state index in [0.717, 1.165) is 63.5 Å². The molecule has 3 N–H and O–H groups in total. The van der Waals surface area contributed by atoms with Gasteiger partial charge in [-0.25, -0.2) is 9.86 Å². The van der Waals surface area contributed by atoms with Crippen molar-refractivity contribution in [3.63, 3.8) is 0 Å². The van der Waals surface area contributed by atoms with Gasteiger partial charge in [0.05, 0.1) is 13.2 Å². The van der Waals surface area contributed by atoms with Crippen LogP contribution in [0.25, 0.3) is 0 Å². The summed E-state index contributed by atoms with van der Waals surface area (Å²) >= 11 is 0. The van der Waals surface area contributed by atoms with Gasteiger partial charge < -0.3 is 20.3 Å². The molecule has 25 heavy (non-hydrogen) atoms. The molecule has 2 rings (SSSR count). The molecule has 1 fully saturated rings. The summed E-state index contributed by atoms with van der Waals surface area (Å²) in [6, 6.07) is 7.15. The van der Waals surface area contributed by atoms with Crippen LogP contribution in [0.5, 0.6) is 5.75 Å². The van der Waals surface area contributed by atoms with E-state index in [1.165, 1.54) is 0 Å². The lowest BCUT2D eigenvalue weighted by Crippen LogP contribution is -2.44. The first-order chi connectivity index (χ1) is 12.0. The number of likely N-dealkylation sites (N-methyl/N-ethyl adjacent to an activating group) is 1. The zero-order valence-corrected chi connectivity index (χ0v) is 15.1. The van der Waals surface area contributed by atoms with Gasteiger partial charge in [0.25, 0.3) is 0 Å². The van der Waals surface area contributed by atoms with Crippen LogP contribution in [0, 0.1) is 0 Å². The Morgan fingerprint density at radius 3 is 2.52 bits per heavy atom. The maximum Gasteiger partial charge on any atom is 0.338 e. The number of aryl methyl sites for hydroxylation is 1. The first kappa shape index (κ1) is 19.5. The largest absolute Gasteiger partial charge is 0.494 e. The average molecular weight is 350 g/mol. The van der Waals surface area contributed by atoms with Crippen LogP contribution in [0.2, 0.25) is 0 Å². The number of nitrogens with zero attached hydrogens (tertiary/aromatic N) is 3. The van der Waals surface area contributed by atoms with E-state index in [9.17, 15) is 10.0 Å². The van der Waals surface area contributed by atoms with Crippen molar-refractivity contribution in [2.24, 2.45) is 5.73 Å². The molecule has 0 aliphatic carbocycles. The van der Waals surface area contributed by atoms with E-state index < -0.39 is 6.03 Å². The SMILES string of the molecule is CN1CCN(CCCOc2ccc(CCCN(O)C(N)=O)cc2)CC1. The minimum Gasteiger partial charge on any atom is -0.494 e. The molecule has 1 aromatic carbocycles. The van der Waals surface area contributed by atoms with E-state index in [2.05, 4.69) is 16.8 Å². The van der Waals surface area contributed by atoms with Crippen LogP contribution in [0.15, 0.2) is 24.3 Å². The number of rotatable bonds is 9. The molecule has 2 amide bonds. The number of urea groups is 1. The Bertz CT molecular complexity index is 516. The van der Waals surface area contributed by atoms with Crippen molar-refractivity contribution >= 4 is 6.03 Å². The summed E-state index contributed by atoms with van der Waals surface area (Å²) in [5.74, 6) is 0.878. The highest BCUT2D eigenvalue weighted by atomic mass is 16.5. The fourth-order valence-electron chi connectivity index (χ4n) is 2.85. The second kappa shape index (κ2) is 10.2. The molecule has 0 saturated carbocycles. The zero-order valence-electron chi connectivity index (χ0n) is 15.1. The van der Waals surface area contributed by atoms with Crippen molar-refractivity contribution in [1.82, 2.24) is 14.9 Å². The molecule has 7 heteroatoms. The molecule has 7 nitrogen and oxygen atoms in total. The number of nitrogens with two attached hydrogens (primary N) is 1. The molecule has 1 heterocycles. The third kappa shape index (κ3) is 7.29. The fourth-order valence-corrected chi connectivity index (χ4v) is 2.85. The van der Waals surface area contributed by atoms with Crippen molar-refractivity contribution in [2.45, 2.75) is 19.3 Å². The van der Waals surface area contributed by atoms with Crippen LogP contribution >= 0.6 is 0 Å². The summed E-state index contributed by atoms with van der Waals surface area (Å²) in [6.45, 7) is 6.64. The second-order valence-corrected chi connectivity index (χ2v) is 6.56. The van der Waals surface area contributed by atoms with E-state index in [1.807, 2.05) is 24.3 Å². The number of primary amides is 1. The highest BCUT2D eigenvalue weighted by molar-refractivity contribution is 5.70. The minimum atomic E-state index is -0.819. The Morgan fingerprint density at radius 2 is 1.88 bits per heavy atom. The Kier molecular flexibility index (Phi) is 7.97. The first-order valence-corrected chi connectivity index (χ1v) is 8.93. The number of piperazine rings is 1. The highest BCUT2D eigenvalue weighted by Gasteiger charge is 2.12. The van der Waals surface area contributed by atoms with Crippen molar-refractivity contribution in [3.8, 4) is 5.75 Å². The van der Waals surface area contributed by atoms with Gasteiger partial charge in [-0.2, -0.15) is 0 Å². The lowest BCUT2D eigenvalue weighted by molar-refractivity contribution is -0.0398. The van der Waals surface area contributed by atoms with Gasteiger partial charge >= 0.3 is 6.03 Å². The molecule has 0 unspecified atom stereocenters. The Hall–Kier alpha value is -1.83. The number of hydroxylamine groups is 2. The van der Waals surface area contributed by atoms with Crippen molar-refractivity contribution in [3.05, 3.63) is 29.8 Å². The molecule has 140 valence electrons. The van der Waals surface area contributed by atoms with Crippen LogP contribution in [0.3, 0.4) is 0 Å². The Balaban J connectivity index is 1.59. The van der Waals surface area contributed by atoms with Gasteiger partial charge in [-0.15, -0.1) is 0 Å². The first-order valence-electron chi connectivity index (χ1n) is 8.93. The highest BCUT2D eigenvalue weighted by Crippen LogP contribution is 2.14. The molecule has 1 aromatic rings. The molecule has 0 radical (unpaired) electrons. The van der Waals surface area contributed by atoms with Gasteiger partial charge in [-0.1, -0.05) is 12.1 Å². The van der Waals surface area contributed by atoms with Crippen molar-refractivity contribution < 1.29 is 14.7 Å². The van der Waals surface area contributed by atoms with E-state index in [-0.39, 0.29) is 6.54 Å². The zero-order chi connectivity index (χ0) is 18.1. The van der Waals surface area contributed by atoms with Gasteiger partial charge in [-0.05, 0) is 44.0 Å². The third-order valence-electron chi connectivity index (χ3n) is 4.50. The van der Waals surface area contributed by atoms with Gasteiger partial charge in [0.2, 0.25) is 0 Å². The van der Waals surface area contributed by atoms with Gasteiger partial charge in [-0.3, -0.25) is 5.21 Å². The minimum absolute atomic E-state index is 0.236. The Labute approximate surface area is 149 Å². The predicted octanol–water partition coefficient (Wildman–Crippen LogP) is 1.41. The van der Waals surface area contributed by atoms with Gasteiger partial charge in [0, 0.05) is 32.7 Å². The number of hydrogen-bond donors (Lipinski definition) is 2. The number of benzene rings is 1. The average Bonchev–Trinajstić information content (AvgIpc) is 2.61. The lowest BCUT2D eigenvalue weighted by Gasteiger charge is -2.32. The predicted molar refractivity (Wildman–Crippen MR) is 96.9 cm³/mol. The fraction of sp³-hybridized carbons (Fsp3) is 0.611. The number of carbonyl (C=O) groups is 1. The van der Waals surface area contributed by atoms with Crippen LogP contribution < -0.4 is 10.5 Å². The molecule has 1 saturated heterocycles. The molecule has 1 aliphatic rings. The number of amides is 2. The molecule has 0 spiro atoms. The molecule has 0 atom stereocenters. The normalized spacial score (nSPS) is 15.9. The summed E-state index contributed by atoms with van der Waals surface area (Å²) in [7, 11) is 2.17. The maximum absolute atomic E-state index is 10.7. The van der Waals surface area contributed by atoms with E-state index in [1.54, 1.807) is 0 Å². The number of ether oxygens (including phenoxy) is 1. The van der Waals surface area contributed by atoms with E-state index in [4.69, 9.17) is 10.5 Å². The smallest absolute Gasteiger partial charge is 0.338 e. The molecule has 0 aromatic heterocycles.